The van der Waals surface area contributed by atoms with Crippen molar-refractivity contribution < 1.29 is 22.3 Å². The zero-order valence-corrected chi connectivity index (χ0v) is 25.1. The molecule has 0 spiro atoms. The van der Waals surface area contributed by atoms with Gasteiger partial charge in [-0.15, -0.1) is 0 Å². The van der Waals surface area contributed by atoms with Crippen molar-refractivity contribution in [3.05, 3.63) is 88.4 Å². The van der Waals surface area contributed by atoms with E-state index in [1.807, 2.05) is 12.1 Å². The zero-order chi connectivity index (χ0) is 29.7. The predicted octanol–water partition coefficient (Wildman–Crippen LogP) is 12.1. The van der Waals surface area contributed by atoms with E-state index in [4.69, 9.17) is 16.3 Å². The highest BCUT2D eigenvalue weighted by molar-refractivity contribution is 6.30. The van der Waals surface area contributed by atoms with Crippen molar-refractivity contribution in [3.63, 3.8) is 0 Å². The van der Waals surface area contributed by atoms with Crippen molar-refractivity contribution >= 4 is 11.6 Å². The molecule has 0 N–H and O–H groups in total. The van der Waals surface area contributed by atoms with Gasteiger partial charge in [-0.1, -0.05) is 80.6 Å². The summed E-state index contributed by atoms with van der Waals surface area (Å²) in [7, 11) is 0. The van der Waals surface area contributed by atoms with Gasteiger partial charge in [0, 0.05) is 6.07 Å². The normalized spacial score (nSPS) is 23.1. The third-order valence-electron chi connectivity index (χ3n) is 9.57. The first-order chi connectivity index (χ1) is 20.2. The van der Waals surface area contributed by atoms with Gasteiger partial charge < -0.3 is 4.74 Å². The monoisotopic (exact) mass is 600 g/mol. The molecule has 6 heteroatoms. The summed E-state index contributed by atoms with van der Waals surface area (Å²) >= 11 is 5.64. The van der Waals surface area contributed by atoms with Gasteiger partial charge >= 0.3 is 6.11 Å². The maximum absolute atomic E-state index is 15.3. The number of halogens is 5. The van der Waals surface area contributed by atoms with E-state index >= 15 is 4.39 Å². The minimum absolute atomic E-state index is 0.126. The van der Waals surface area contributed by atoms with Crippen LogP contribution in [-0.4, -0.2) is 6.11 Å². The summed E-state index contributed by atoms with van der Waals surface area (Å²) in [5.74, 6) is -1.01. The molecule has 5 rings (SSSR count). The maximum Gasteiger partial charge on any atom is 0.400 e. The third-order valence-corrected chi connectivity index (χ3v) is 9.87. The van der Waals surface area contributed by atoms with Gasteiger partial charge in [0.15, 0.2) is 0 Å². The van der Waals surface area contributed by atoms with Crippen LogP contribution in [0.2, 0.25) is 5.02 Å². The maximum atomic E-state index is 15.3. The van der Waals surface area contributed by atoms with Crippen LogP contribution in [0.15, 0.2) is 60.7 Å². The Morgan fingerprint density at radius 3 is 2.05 bits per heavy atom. The average molecular weight is 601 g/mol. The van der Waals surface area contributed by atoms with Crippen LogP contribution in [0.1, 0.15) is 107 Å². The Balaban J connectivity index is 1.15. The molecule has 2 fully saturated rings. The van der Waals surface area contributed by atoms with Gasteiger partial charge in [-0.3, -0.25) is 0 Å². The molecule has 0 unspecified atom stereocenters. The Bertz CT molecular complexity index is 1310. The number of hydrogen-bond donors (Lipinski definition) is 0. The van der Waals surface area contributed by atoms with E-state index in [9.17, 15) is 13.2 Å². The van der Waals surface area contributed by atoms with Crippen LogP contribution in [0.3, 0.4) is 0 Å². The van der Waals surface area contributed by atoms with E-state index < -0.39 is 17.8 Å². The summed E-state index contributed by atoms with van der Waals surface area (Å²) in [6.07, 6.45) is 8.29. The SMILES string of the molecule is CCCCCC1CCC(c2ccc(-c3ccc(C4CCC(C(F)(F)Oc5ccc(Cl)c(F)c5)CC4)c(F)c3)cc2)CC1. The van der Waals surface area contributed by atoms with Crippen molar-refractivity contribution in [2.75, 3.05) is 0 Å². The fraction of sp³-hybridized carbons (Fsp3) is 0.500. The van der Waals surface area contributed by atoms with Crippen LogP contribution < -0.4 is 4.74 Å². The summed E-state index contributed by atoms with van der Waals surface area (Å²) in [5.41, 5.74) is 3.76. The van der Waals surface area contributed by atoms with Gasteiger partial charge in [0.1, 0.15) is 17.4 Å². The topological polar surface area (TPSA) is 9.23 Å². The van der Waals surface area contributed by atoms with E-state index in [-0.39, 0.29) is 35.3 Å². The minimum Gasteiger partial charge on any atom is -0.432 e. The second-order valence-corrected chi connectivity index (χ2v) is 12.8. The third kappa shape index (κ3) is 7.51. The lowest BCUT2D eigenvalue weighted by molar-refractivity contribution is -0.222. The first kappa shape index (κ1) is 30.9. The van der Waals surface area contributed by atoms with Crippen LogP contribution in [0, 0.1) is 23.5 Å². The molecule has 3 aromatic carbocycles. The lowest BCUT2D eigenvalue weighted by Gasteiger charge is -2.33. The highest BCUT2D eigenvalue weighted by Gasteiger charge is 2.44. The van der Waals surface area contributed by atoms with Crippen LogP contribution in [0.25, 0.3) is 11.1 Å². The van der Waals surface area contributed by atoms with Gasteiger partial charge in [-0.05, 0) is 110 Å². The summed E-state index contributed by atoms with van der Waals surface area (Å²) < 4.78 is 63.5. The number of rotatable bonds is 10. The fourth-order valence-corrected chi connectivity index (χ4v) is 7.09. The number of unbranched alkanes of at least 4 members (excludes halogenated alkanes) is 2. The smallest absolute Gasteiger partial charge is 0.400 e. The van der Waals surface area contributed by atoms with Gasteiger partial charge in [-0.2, -0.15) is 8.78 Å². The quantitative estimate of drug-likeness (QED) is 0.166. The largest absolute Gasteiger partial charge is 0.432 e. The van der Waals surface area contributed by atoms with Gasteiger partial charge in [0.25, 0.3) is 0 Å². The molecule has 0 heterocycles. The molecule has 0 saturated heterocycles. The van der Waals surface area contributed by atoms with Crippen LogP contribution >= 0.6 is 11.6 Å². The standard InChI is InChI=1S/C36H41ClF4O/c1-2-3-4-5-24-6-8-25(9-7-24)26-10-12-27(13-11-26)29-16-20-32(34(38)22-29)28-14-17-30(18-15-28)36(40,41)42-31-19-21-33(37)35(39)23-31/h10-13,16,19-25,28,30H,2-9,14-15,17-18H2,1H3. The number of ether oxygens (including phenoxy) is 1. The van der Waals surface area contributed by atoms with Crippen molar-refractivity contribution in [2.24, 2.45) is 11.8 Å². The zero-order valence-electron chi connectivity index (χ0n) is 24.4. The molecule has 2 saturated carbocycles. The average Bonchev–Trinajstić information content (AvgIpc) is 2.99. The Kier molecular flexibility index (Phi) is 10.2. The lowest BCUT2D eigenvalue weighted by Crippen LogP contribution is -2.37. The summed E-state index contributed by atoms with van der Waals surface area (Å²) in [4.78, 5) is 0. The summed E-state index contributed by atoms with van der Waals surface area (Å²) in [6, 6.07) is 17.2. The lowest BCUT2D eigenvalue weighted by atomic mass is 9.77. The number of benzene rings is 3. The van der Waals surface area contributed by atoms with Gasteiger partial charge in [0.05, 0.1) is 10.9 Å². The summed E-state index contributed by atoms with van der Waals surface area (Å²) in [6.45, 7) is 2.26. The molecular weight excluding hydrogens is 560 g/mol. The van der Waals surface area contributed by atoms with E-state index in [0.717, 1.165) is 23.1 Å². The van der Waals surface area contributed by atoms with Crippen LogP contribution in [0.5, 0.6) is 5.75 Å². The molecule has 1 nitrogen and oxygen atoms in total. The van der Waals surface area contributed by atoms with Gasteiger partial charge in [-0.25, -0.2) is 8.78 Å². The van der Waals surface area contributed by atoms with Crippen molar-refractivity contribution in [1.82, 2.24) is 0 Å². The second-order valence-electron chi connectivity index (χ2n) is 12.4. The molecule has 0 radical (unpaired) electrons. The Hall–Kier alpha value is -2.53. The molecular formula is C36H41ClF4O. The summed E-state index contributed by atoms with van der Waals surface area (Å²) in [5, 5.41) is -0.151. The number of hydrogen-bond acceptors (Lipinski definition) is 1. The van der Waals surface area contributed by atoms with Gasteiger partial charge in [0.2, 0.25) is 0 Å². The van der Waals surface area contributed by atoms with Crippen molar-refractivity contribution in [2.45, 2.75) is 102 Å². The molecule has 0 atom stereocenters. The fourth-order valence-electron chi connectivity index (χ4n) is 6.97. The van der Waals surface area contributed by atoms with E-state index in [1.54, 1.807) is 6.07 Å². The highest BCUT2D eigenvalue weighted by atomic mass is 35.5. The highest BCUT2D eigenvalue weighted by Crippen LogP contribution is 2.44. The van der Waals surface area contributed by atoms with Crippen LogP contribution in [-0.2, 0) is 0 Å². The Morgan fingerprint density at radius 1 is 0.738 bits per heavy atom. The van der Waals surface area contributed by atoms with Crippen molar-refractivity contribution in [3.8, 4) is 16.9 Å². The molecule has 226 valence electrons. The first-order valence-corrected chi connectivity index (χ1v) is 16.0. The first-order valence-electron chi connectivity index (χ1n) is 15.6. The molecule has 3 aromatic rings. The van der Waals surface area contributed by atoms with E-state index in [1.165, 1.54) is 69.1 Å². The molecule has 0 amide bonds. The van der Waals surface area contributed by atoms with Crippen molar-refractivity contribution in [1.29, 1.82) is 0 Å². The predicted molar refractivity (Wildman–Crippen MR) is 162 cm³/mol. The Morgan fingerprint density at radius 2 is 1.40 bits per heavy atom. The van der Waals surface area contributed by atoms with E-state index in [0.29, 0.717) is 24.3 Å². The second kappa shape index (κ2) is 13.8. The molecule has 0 aliphatic heterocycles. The molecule has 2 aliphatic rings. The van der Waals surface area contributed by atoms with Crippen LogP contribution in [0.4, 0.5) is 17.6 Å². The molecule has 0 bridgehead atoms. The molecule has 42 heavy (non-hydrogen) atoms. The van der Waals surface area contributed by atoms with E-state index in [2.05, 4.69) is 31.2 Å². The number of alkyl halides is 2. The molecule has 0 aromatic heterocycles. The Labute approximate surface area is 252 Å². The minimum atomic E-state index is -3.45. The molecule has 2 aliphatic carbocycles.